The van der Waals surface area contributed by atoms with Crippen LogP contribution in [-0.2, 0) is 0 Å². The Labute approximate surface area is 119 Å². The zero-order chi connectivity index (χ0) is 13.1. The van der Waals surface area contributed by atoms with E-state index in [1.54, 1.807) is 11.5 Å². The minimum absolute atomic E-state index is 0. The van der Waals surface area contributed by atoms with Gasteiger partial charge in [-0.05, 0) is 31.0 Å². The van der Waals surface area contributed by atoms with Crippen LogP contribution >= 0.6 is 12.4 Å². The van der Waals surface area contributed by atoms with Crippen molar-refractivity contribution < 1.29 is 4.79 Å². The fourth-order valence-electron chi connectivity index (χ4n) is 2.26. The lowest BCUT2D eigenvalue weighted by atomic mass is 10.0. The molecule has 2 aromatic rings. The Bertz CT molecular complexity index is 565. The van der Waals surface area contributed by atoms with Crippen molar-refractivity contribution in [2.45, 2.75) is 25.8 Å². The molecule has 1 aromatic carbocycles. The first-order valence-corrected chi connectivity index (χ1v) is 6.21. The first-order valence-electron chi connectivity index (χ1n) is 6.21. The fraction of sp³-hybridized carbons (Fsp3) is 0.357. The SMILES string of the molecule is CC(=O)n1cc([C@H](N)CCCN)c2ccccc21.Cl. The summed E-state index contributed by atoms with van der Waals surface area (Å²) in [5.41, 5.74) is 13.6. The number of carbonyl (C=O) groups excluding carboxylic acids is 1. The van der Waals surface area contributed by atoms with Crippen LogP contribution < -0.4 is 11.5 Å². The number of para-hydroxylation sites is 1. The van der Waals surface area contributed by atoms with Gasteiger partial charge in [-0.15, -0.1) is 12.4 Å². The normalized spacial score (nSPS) is 12.2. The lowest BCUT2D eigenvalue weighted by molar-refractivity contribution is 0.0941. The first-order chi connectivity index (χ1) is 8.65. The van der Waals surface area contributed by atoms with E-state index >= 15 is 0 Å². The summed E-state index contributed by atoms with van der Waals surface area (Å²) >= 11 is 0. The molecule has 0 unspecified atom stereocenters. The highest BCUT2D eigenvalue weighted by molar-refractivity contribution is 5.93. The van der Waals surface area contributed by atoms with Gasteiger partial charge in [0.1, 0.15) is 0 Å². The summed E-state index contributed by atoms with van der Waals surface area (Å²) in [5, 5.41) is 1.05. The Balaban J connectivity index is 0.00000180. The van der Waals surface area contributed by atoms with Crippen molar-refractivity contribution in [3.63, 3.8) is 0 Å². The molecular weight excluding hydrogens is 262 g/mol. The summed E-state index contributed by atoms with van der Waals surface area (Å²) in [7, 11) is 0. The molecule has 0 fully saturated rings. The number of rotatable bonds is 4. The van der Waals surface area contributed by atoms with Gasteiger partial charge in [-0.3, -0.25) is 9.36 Å². The number of nitrogens with two attached hydrogens (primary N) is 2. The van der Waals surface area contributed by atoms with Crippen molar-refractivity contribution in [3.8, 4) is 0 Å². The summed E-state index contributed by atoms with van der Waals surface area (Å²) in [6, 6.07) is 7.77. The third kappa shape index (κ3) is 3.15. The largest absolute Gasteiger partial charge is 0.330 e. The van der Waals surface area contributed by atoms with Gasteiger partial charge in [0, 0.05) is 24.5 Å². The molecule has 2 rings (SSSR count). The van der Waals surface area contributed by atoms with Crippen LogP contribution in [-0.4, -0.2) is 17.0 Å². The van der Waals surface area contributed by atoms with Gasteiger partial charge in [0.15, 0.2) is 0 Å². The molecule has 0 spiro atoms. The summed E-state index contributed by atoms with van der Waals surface area (Å²) in [6.45, 7) is 2.20. The average Bonchev–Trinajstić information content (AvgIpc) is 2.75. The molecule has 0 aliphatic heterocycles. The van der Waals surface area contributed by atoms with Gasteiger partial charge >= 0.3 is 0 Å². The quantitative estimate of drug-likeness (QED) is 0.904. The van der Waals surface area contributed by atoms with Crippen LogP contribution in [0.1, 0.15) is 36.2 Å². The second-order valence-electron chi connectivity index (χ2n) is 4.53. The molecule has 1 heterocycles. The molecule has 0 amide bonds. The predicted molar refractivity (Wildman–Crippen MR) is 80.7 cm³/mol. The lowest BCUT2D eigenvalue weighted by Gasteiger charge is -2.09. The number of carbonyl (C=O) groups is 1. The molecule has 0 radical (unpaired) electrons. The molecule has 0 saturated heterocycles. The molecule has 0 aliphatic rings. The minimum Gasteiger partial charge on any atom is -0.330 e. The fourth-order valence-corrected chi connectivity index (χ4v) is 2.26. The summed E-state index contributed by atoms with van der Waals surface area (Å²) in [5.74, 6) is 0.00322. The molecule has 0 bridgehead atoms. The van der Waals surface area contributed by atoms with Crippen LogP contribution in [0.15, 0.2) is 30.5 Å². The molecule has 5 heteroatoms. The van der Waals surface area contributed by atoms with E-state index < -0.39 is 0 Å². The monoisotopic (exact) mass is 281 g/mol. The Morgan fingerprint density at radius 1 is 1.37 bits per heavy atom. The summed E-state index contributed by atoms with van der Waals surface area (Å²) in [6.07, 6.45) is 3.58. The maximum Gasteiger partial charge on any atom is 0.227 e. The van der Waals surface area contributed by atoms with Crippen molar-refractivity contribution in [1.29, 1.82) is 0 Å². The van der Waals surface area contributed by atoms with E-state index in [1.165, 1.54) is 0 Å². The second-order valence-corrected chi connectivity index (χ2v) is 4.53. The number of halogens is 1. The van der Waals surface area contributed by atoms with Crippen LogP contribution in [0.25, 0.3) is 10.9 Å². The van der Waals surface area contributed by atoms with Crippen molar-refractivity contribution in [2.24, 2.45) is 11.5 Å². The molecule has 0 saturated carbocycles. The summed E-state index contributed by atoms with van der Waals surface area (Å²) in [4.78, 5) is 11.6. The van der Waals surface area contributed by atoms with Gasteiger partial charge in [0.25, 0.3) is 0 Å². The minimum atomic E-state index is -0.0703. The van der Waals surface area contributed by atoms with Gasteiger partial charge in [0.05, 0.1) is 5.52 Å². The predicted octanol–water partition coefficient (Wildman–Crippen LogP) is 2.46. The topological polar surface area (TPSA) is 74.0 Å². The van der Waals surface area contributed by atoms with Crippen molar-refractivity contribution in [1.82, 2.24) is 4.57 Å². The third-order valence-electron chi connectivity index (χ3n) is 3.20. The molecule has 104 valence electrons. The van der Waals surface area contributed by atoms with E-state index in [2.05, 4.69) is 0 Å². The molecule has 4 nitrogen and oxygen atoms in total. The Hall–Kier alpha value is -1.36. The standard InChI is InChI=1S/C14H19N3O.ClH/c1-10(18)17-9-12(13(16)6-4-8-15)11-5-2-3-7-14(11)17;/h2-3,5,7,9,13H,4,6,8,15-16H2,1H3;1H/t13-;/m1./s1. The van der Waals surface area contributed by atoms with Gasteiger partial charge in [-0.2, -0.15) is 0 Å². The van der Waals surface area contributed by atoms with Crippen molar-refractivity contribution >= 4 is 29.2 Å². The van der Waals surface area contributed by atoms with E-state index in [4.69, 9.17) is 11.5 Å². The van der Waals surface area contributed by atoms with Gasteiger partial charge in [-0.1, -0.05) is 18.2 Å². The van der Waals surface area contributed by atoms with E-state index in [-0.39, 0.29) is 24.4 Å². The second kappa shape index (κ2) is 6.70. The van der Waals surface area contributed by atoms with Gasteiger partial charge in [0.2, 0.25) is 5.91 Å². The maximum absolute atomic E-state index is 11.6. The number of nitrogens with zero attached hydrogens (tertiary/aromatic N) is 1. The van der Waals surface area contributed by atoms with Crippen LogP contribution in [0.4, 0.5) is 0 Å². The van der Waals surface area contributed by atoms with E-state index in [1.807, 2.05) is 30.5 Å². The van der Waals surface area contributed by atoms with Crippen LogP contribution in [0, 0.1) is 0 Å². The molecule has 0 aliphatic carbocycles. The van der Waals surface area contributed by atoms with Crippen LogP contribution in [0.2, 0.25) is 0 Å². The highest BCUT2D eigenvalue weighted by Crippen LogP contribution is 2.27. The van der Waals surface area contributed by atoms with E-state index in [0.717, 1.165) is 29.3 Å². The first kappa shape index (κ1) is 15.7. The number of fused-ring (bicyclic) bond motifs is 1. The van der Waals surface area contributed by atoms with E-state index in [0.29, 0.717) is 6.54 Å². The van der Waals surface area contributed by atoms with Gasteiger partial charge in [-0.25, -0.2) is 0 Å². The Kier molecular flexibility index (Phi) is 5.54. The number of benzene rings is 1. The van der Waals surface area contributed by atoms with Crippen molar-refractivity contribution in [3.05, 3.63) is 36.0 Å². The number of hydrogen-bond acceptors (Lipinski definition) is 3. The lowest BCUT2D eigenvalue weighted by Crippen LogP contribution is -2.12. The Morgan fingerprint density at radius 2 is 2.05 bits per heavy atom. The molecule has 1 aromatic heterocycles. The molecule has 4 N–H and O–H groups in total. The van der Waals surface area contributed by atoms with Crippen LogP contribution in [0.5, 0.6) is 0 Å². The molecular formula is C14H20ClN3O. The van der Waals surface area contributed by atoms with Gasteiger partial charge < -0.3 is 11.5 Å². The zero-order valence-corrected chi connectivity index (χ0v) is 11.8. The van der Waals surface area contributed by atoms with Crippen molar-refractivity contribution in [2.75, 3.05) is 6.54 Å². The highest BCUT2D eigenvalue weighted by atomic mass is 35.5. The summed E-state index contributed by atoms with van der Waals surface area (Å²) < 4.78 is 1.66. The molecule has 1 atom stereocenters. The maximum atomic E-state index is 11.6. The van der Waals surface area contributed by atoms with E-state index in [9.17, 15) is 4.79 Å². The Morgan fingerprint density at radius 3 is 2.68 bits per heavy atom. The van der Waals surface area contributed by atoms with Crippen LogP contribution in [0.3, 0.4) is 0 Å². The highest BCUT2D eigenvalue weighted by Gasteiger charge is 2.15. The zero-order valence-electron chi connectivity index (χ0n) is 11.0. The average molecular weight is 282 g/mol. The third-order valence-corrected chi connectivity index (χ3v) is 3.20. The number of aromatic nitrogens is 1. The molecule has 19 heavy (non-hydrogen) atoms. The number of hydrogen-bond donors (Lipinski definition) is 2. The smallest absolute Gasteiger partial charge is 0.227 e.